The second-order valence-corrected chi connectivity index (χ2v) is 7.68. The summed E-state index contributed by atoms with van der Waals surface area (Å²) in [5.74, 6) is -1.24. The van der Waals surface area contributed by atoms with Crippen LogP contribution in [0.15, 0.2) is 60.0 Å². The lowest BCUT2D eigenvalue weighted by Gasteiger charge is -2.23. The number of anilines is 2. The average Bonchev–Trinajstić information content (AvgIpc) is 3.09. The molecule has 3 aromatic rings. The Bertz CT molecular complexity index is 1050. The Kier molecular flexibility index (Phi) is 5.61. The maximum absolute atomic E-state index is 13.2. The molecular weight excluding hydrogens is 397 g/mol. The van der Waals surface area contributed by atoms with Crippen molar-refractivity contribution in [2.45, 2.75) is 26.9 Å². The Morgan fingerprint density at radius 3 is 2.14 bits per heavy atom. The summed E-state index contributed by atoms with van der Waals surface area (Å²) in [5.41, 5.74) is 3.02. The van der Waals surface area contributed by atoms with Crippen LogP contribution in [0.25, 0.3) is 11.3 Å². The maximum atomic E-state index is 13.2. The van der Waals surface area contributed by atoms with Crippen molar-refractivity contribution in [1.29, 1.82) is 0 Å². The van der Waals surface area contributed by atoms with Crippen LogP contribution in [0.5, 0.6) is 0 Å². The second-order valence-electron chi connectivity index (χ2n) is 6.84. The van der Waals surface area contributed by atoms with E-state index in [0.717, 1.165) is 38.5 Å². The van der Waals surface area contributed by atoms with Crippen molar-refractivity contribution in [3.8, 4) is 11.3 Å². The summed E-state index contributed by atoms with van der Waals surface area (Å²) >= 11 is 1.11. The quantitative estimate of drug-likeness (QED) is 0.454. The lowest BCUT2D eigenvalue weighted by molar-refractivity contribution is -0.127. The molecule has 0 saturated carbocycles. The summed E-state index contributed by atoms with van der Waals surface area (Å²) in [5, 5.41) is 1.88. The molecule has 1 heterocycles. The largest absolute Gasteiger partial charge is 0.421 e. The van der Waals surface area contributed by atoms with Crippen LogP contribution in [0.4, 0.5) is 24.0 Å². The van der Waals surface area contributed by atoms with Gasteiger partial charge in [-0.3, -0.25) is 9.69 Å². The number of thiazole rings is 1. The molecule has 0 atom stereocenters. The fraction of sp³-hybridized carbons (Fsp3) is 0.182. The Hall–Kier alpha value is -2.93. The predicted molar refractivity (Wildman–Crippen MR) is 111 cm³/mol. The summed E-state index contributed by atoms with van der Waals surface area (Å²) in [6, 6.07) is 12.8. The number of alkyl halides is 3. The van der Waals surface area contributed by atoms with Gasteiger partial charge in [-0.15, -0.1) is 11.3 Å². The zero-order chi connectivity index (χ0) is 21.3. The topological polar surface area (TPSA) is 33.2 Å². The molecule has 0 spiro atoms. The summed E-state index contributed by atoms with van der Waals surface area (Å²) in [7, 11) is 0. The number of hydrogen-bond donors (Lipinski definition) is 0. The van der Waals surface area contributed by atoms with Gasteiger partial charge in [-0.05, 0) is 44.0 Å². The van der Waals surface area contributed by atoms with Gasteiger partial charge in [-0.25, -0.2) is 4.98 Å². The van der Waals surface area contributed by atoms with Crippen molar-refractivity contribution in [2.24, 2.45) is 0 Å². The summed E-state index contributed by atoms with van der Waals surface area (Å²) in [6.07, 6.45) is -4.83. The lowest BCUT2D eigenvalue weighted by Crippen LogP contribution is -2.32. The van der Waals surface area contributed by atoms with Crippen LogP contribution in [0.2, 0.25) is 0 Å². The van der Waals surface area contributed by atoms with E-state index in [0.29, 0.717) is 11.4 Å². The summed E-state index contributed by atoms with van der Waals surface area (Å²) < 4.78 is 39.6. The number of carbonyl (C=O) groups is 1. The predicted octanol–water partition coefficient (Wildman–Crippen LogP) is 6.52. The Morgan fingerprint density at radius 1 is 1.00 bits per heavy atom. The minimum atomic E-state index is -4.83. The number of rotatable bonds is 4. The van der Waals surface area contributed by atoms with Gasteiger partial charge < -0.3 is 0 Å². The molecule has 7 heteroatoms. The van der Waals surface area contributed by atoms with Crippen LogP contribution in [-0.4, -0.2) is 17.1 Å². The van der Waals surface area contributed by atoms with Crippen molar-refractivity contribution in [3.05, 3.63) is 76.7 Å². The van der Waals surface area contributed by atoms with Crippen LogP contribution < -0.4 is 4.90 Å². The van der Waals surface area contributed by atoms with Crippen molar-refractivity contribution in [3.63, 3.8) is 0 Å². The monoisotopic (exact) mass is 416 g/mol. The van der Waals surface area contributed by atoms with E-state index in [1.54, 1.807) is 17.5 Å². The van der Waals surface area contributed by atoms with Crippen molar-refractivity contribution < 1.29 is 18.0 Å². The van der Waals surface area contributed by atoms with Crippen molar-refractivity contribution in [1.82, 2.24) is 4.98 Å². The van der Waals surface area contributed by atoms with Gasteiger partial charge in [0.2, 0.25) is 0 Å². The van der Waals surface area contributed by atoms with Gasteiger partial charge in [0.1, 0.15) is 5.57 Å². The smallest absolute Gasteiger partial charge is 0.268 e. The van der Waals surface area contributed by atoms with Crippen molar-refractivity contribution in [2.75, 3.05) is 4.90 Å². The fourth-order valence-electron chi connectivity index (χ4n) is 2.87. The molecule has 0 radical (unpaired) electrons. The number of amides is 1. The number of aryl methyl sites for hydroxylation is 3. The molecule has 0 saturated heterocycles. The van der Waals surface area contributed by atoms with E-state index in [1.807, 2.05) is 51.1 Å². The molecule has 0 unspecified atom stereocenters. The van der Waals surface area contributed by atoms with Gasteiger partial charge >= 0.3 is 6.18 Å². The SMILES string of the molecule is C=C(C(=O)N(c1cc(C)cc(C)c1)c1nc(-c2ccc(C)cc2)cs1)C(F)(F)F. The molecule has 0 bridgehead atoms. The van der Waals surface area contributed by atoms with Crippen LogP contribution in [-0.2, 0) is 4.79 Å². The van der Waals surface area contributed by atoms with Gasteiger partial charge in [0, 0.05) is 10.9 Å². The van der Waals surface area contributed by atoms with E-state index >= 15 is 0 Å². The highest BCUT2D eigenvalue weighted by atomic mass is 32.1. The molecule has 2 aromatic carbocycles. The number of benzene rings is 2. The highest BCUT2D eigenvalue weighted by Gasteiger charge is 2.40. The first-order valence-electron chi connectivity index (χ1n) is 8.77. The molecule has 0 aliphatic rings. The third kappa shape index (κ3) is 4.56. The minimum Gasteiger partial charge on any atom is -0.268 e. The molecular formula is C22H19F3N2OS. The maximum Gasteiger partial charge on any atom is 0.421 e. The van der Waals surface area contributed by atoms with Gasteiger partial charge in [0.05, 0.1) is 11.4 Å². The van der Waals surface area contributed by atoms with Gasteiger partial charge in [0.25, 0.3) is 5.91 Å². The molecule has 1 aromatic heterocycles. The number of aromatic nitrogens is 1. The molecule has 3 nitrogen and oxygen atoms in total. The Labute approximate surface area is 171 Å². The number of halogens is 3. The fourth-order valence-corrected chi connectivity index (χ4v) is 3.73. The normalized spacial score (nSPS) is 11.4. The highest BCUT2D eigenvalue weighted by molar-refractivity contribution is 7.14. The number of nitrogens with zero attached hydrogens (tertiary/aromatic N) is 2. The summed E-state index contributed by atoms with van der Waals surface area (Å²) in [4.78, 5) is 18.2. The highest BCUT2D eigenvalue weighted by Crippen LogP contribution is 2.36. The zero-order valence-corrected chi connectivity index (χ0v) is 17.0. The van der Waals surface area contributed by atoms with E-state index in [1.165, 1.54) is 0 Å². The lowest BCUT2D eigenvalue weighted by atomic mass is 10.1. The number of hydrogen-bond acceptors (Lipinski definition) is 3. The van der Waals surface area contributed by atoms with E-state index in [-0.39, 0.29) is 5.13 Å². The molecule has 0 aliphatic carbocycles. The standard InChI is InChI=1S/C22H19F3N2OS/c1-13-5-7-17(8-6-13)19-12-29-21(26-19)27(20(28)16(4)22(23,24)25)18-10-14(2)9-15(3)11-18/h5-12H,4H2,1-3H3. The number of carbonyl (C=O) groups excluding carboxylic acids is 1. The molecule has 0 fully saturated rings. The molecule has 3 rings (SSSR count). The third-order valence-electron chi connectivity index (χ3n) is 4.30. The van der Waals surface area contributed by atoms with Crippen LogP contribution in [0, 0.1) is 20.8 Å². The van der Waals surface area contributed by atoms with Crippen molar-refractivity contribution >= 4 is 28.1 Å². The van der Waals surface area contributed by atoms with Gasteiger partial charge in [-0.1, -0.05) is 42.5 Å². The molecule has 0 N–H and O–H groups in total. The van der Waals surface area contributed by atoms with E-state index in [4.69, 9.17) is 0 Å². The molecule has 1 amide bonds. The van der Waals surface area contributed by atoms with Crippen LogP contribution in [0.1, 0.15) is 16.7 Å². The first-order chi connectivity index (χ1) is 13.6. The average molecular weight is 416 g/mol. The van der Waals surface area contributed by atoms with Crippen LogP contribution >= 0.6 is 11.3 Å². The molecule has 29 heavy (non-hydrogen) atoms. The van der Waals surface area contributed by atoms with E-state index in [2.05, 4.69) is 11.6 Å². The van der Waals surface area contributed by atoms with Gasteiger partial charge in [-0.2, -0.15) is 13.2 Å². The summed E-state index contributed by atoms with van der Waals surface area (Å²) in [6.45, 7) is 8.57. The second kappa shape index (κ2) is 7.83. The van der Waals surface area contributed by atoms with E-state index < -0.39 is 17.7 Å². The van der Waals surface area contributed by atoms with Gasteiger partial charge in [0.15, 0.2) is 5.13 Å². The first-order valence-corrected chi connectivity index (χ1v) is 9.65. The first kappa shape index (κ1) is 20.8. The Balaban J connectivity index is 2.09. The molecule has 0 aliphatic heterocycles. The third-order valence-corrected chi connectivity index (χ3v) is 5.12. The zero-order valence-electron chi connectivity index (χ0n) is 16.2. The molecule has 150 valence electrons. The van der Waals surface area contributed by atoms with E-state index in [9.17, 15) is 18.0 Å². The minimum absolute atomic E-state index is 0.154. The van der Waals surface area contributed by atoms with Crippen LogP contribution in [0.3, 0.4) is 0 Å². The Morgan fingerprint density at radius 2 is 1.59 bits per heavy atom.